The van der Waals surface area contributed by atoms with Crippen molar-refractivity contribution in [1.29, 1.82) is 0 Å². The Morgan fingerprint density at radius 3 is 2.63 bits per heavy atom. The van der Waals surface area contributed by atoms with E-state index in [-0.39, 0.29) is 9.92 Å². The molecule has 19 heavy (non-hydrogen) atoms. The minimum Gasteiger partial charge on any atom is -0.391 e. The summed E-state index contributed by atoms with van der Waals surface area (Å²) in [6, 6.07) is 2.73. The first-order valence-electron chi connectivity index (χ1n) is 6.05. The molecule has 2 atom stereocenters. The van der Waals surface area contributed by atoms with Crippen molar-refractivity contribution >= 4 is 21.6 Å². The van der Waals surface area contributed by atoms with Crippen LogP contribution in [0.25, 0.3) is 0 Å². The van der Waals surface area contributed by atoms with Crippen molar-refractivity contribution in [1.82, 2.24) is 4.72 Å². The zero-order valence-electron chi connectivity index (χ0n) is 10.1. The van der Waals surface area contributed by atoms with Gasteiger partial charge in [0.25, 0.3) is 0 Å². The van der Waals surface area contributed by atoms with Crippen LogP contribution < -0.4 is 4.72 Å². The molecule has 0 radical (unpaired) electrons. The molecular formula is C12H15ClFNO3S. The van der Waals surface area contributed by atoms with Crippen LogP contribution in [0.5, 0.6) is 0 Å². The predicted octanol–water partition coefficient (Wildman–Crippen LogP) is 2.06. The Bertz CT molecular complexity index is 564. The van der Waals surface area contributed by atoms with Crippen LogP contribution in [0.1, 0.15) is 25.7 Å². The van der Waals surface area contributed by atoms with Crippen molar-refractivity contribution in [3.05, 3.63) is 29.0 Å². The van der Waals surface area contributed by atoms with Crippen molar-refractivity contribution in [3.63, 3.8) is 0 Å². The average molecular weight is 308 g/mol. The fourth-order valence-electron chi connectivity index (χ4n) is 2.16. The Hall–Kier alpha value is -0.690. The molecule has 2 rings (SSSR count). The molecular weight excluding hydrogens is 293 g/mol. The topological polar surface area (TPSA) is 66.4 Å². The Balaban J connectivity index is 2.19. The quantitative estimate of drug-likeness (QED) is 0.898. The molecule has 0 spiro atoms. The van der Waals surface area contributed by atoms with Gasteiger partial charge in [0.05, 0.1) is 16.0 Å². The number of sulfonamides is 1. The highest BCUT2D eigenvalue weighted by molar-refractivity contribution is 7.89. The highest BCUT2D eigenvalue weighted by Gasteiger charge is 2.28. The van der Waals surface area contributed by atoms with E-state index in [9.17, 15) is 17.9 Å². The highest BCUT2D eigenvalue weighted by Crippen LogP contribution is 2.23. The fourth-order valence-corrected chi connectivity index (χ4v) is 3.74. The molecule has 0 heterocycles. The van der Waals surface area contributed by atoms with Gasteiger partial charge in [-0.1, -0.05) is 24.4 Å². The number of benzene rings is 1. The molecule has 106 valence electrons. The standard InChI is InChI=1S/C12H15ClFNO3S/c13-9-7-8(5-6-10(9)14)19(17,18)15-11-3-1-2-4-12(11)16/h5-7,11-12,15-16H,1-4H2/t11-,12-/m1/s1. The molecule has 1 saturated carbocycles. The van der Waals surface area contributed by atoms with Gasteiger partial charge in [-0.3, -0.25) is 0 Å². The van der Waals surface area contributed by atoms with Gasteiger partial charge in [0, 0.05) is 6.04 Å². The third-order valence-electron chi connectivity index (χ3n) is 3.24. The summed E-state index contributed by atoms with van der Waals surface area (Å²) in [5.74, 6) is -0.668. The lowest BCUT2D eigenvalue weighted by molar-refractivity contribution is 0.101. The molecule has 4 nitrogen and oxygen atoms in total. The summed E-state index contributed by atoms with van der Waals surface area (Å²) in [6.45, 7) is 0. The summed E-state index contributed by atoms with van der Waals surface area (Å²) < 4.78 is 39.7. The van der Waals surface area contributed by atoms with Gasteiger partial charge in [-0.05, 0) is 31.0 Å². The molecule has 0 saturated heterocycles. The number of aliphatic hydroxyl groups excluding tert-OH is 1. The average Bonchev–Trinajstić information content (AvgIpc) is 2.35. The van der Waals surface area contributed by atoms with E-state index in [0.717, 1.165) is 31.0 Å². The lowest BCUT2D eigenvalue weighted by atomic mass is 9.93. The number of rotatable bonds is 3. The van der Waals surface area contributed by atoms with Gasteiger partial charge >= 0.3 is 0 Å². The largest absolute Gasteiger partial charge is 0.391 e. The van der Waals surface area contributed by atoms with Crippen molar-refractivity contribution in [2.75, 3.05) is 0 Å². The molecule has 1 fully saturated rings. The van der Waals surface area contributed by atoms with Gasteiger partial charge in [0.1, 0.15) is 5.82 Å². The summed E-state index contributed by atoms with van der Waals surface area (Å²) in [5, 5.41) is 9.52. The van der Waals surface area contributed by atoms with Gasteiger partial charge in [0.15, 0.2) is 0 Å². The minimum absolute atomic E-state index is 0.100. The number of aliphatic hydroxyl groups is 1. The van der Waals surface area contributed by atoms with Crippen LogP contribution in [-0.2, 0) is 10.0 Å². The maximum absolute atomic E-state index is 13.0. The van der Waals surface area contributed by atoms with Crippen molar-refractivity contribution < 1.29 is 17.9 Å². The van der Waals surface area contributed by atoms with Gasteiger partial charge in [0.2, 0.25) is 10.0 Å². The van der Waals surface area contributed by atoms with E-state index in [4.69, 9.17) is 11.6 Å². The van der Waals surface area contributed by atoms with Crippen LogP contribution in [-0.4, -0.2) is 25.7 Å². The Labute approximate surface area is 116 Å². The van der Waals surface area contributed by atoms with Crippen LogP contribution >= 0.6 is 11.6 Å². The lowest BCUT2D eigenvalue weighted by Gasteiger charge is -2.28. The van der Waals surface area contributed by atoms with Crippen molar-refractivity contribution in [2.24, 2.45) is 0 Å². The molecule has 0 amide bonds. The molecule has 1 aromatic carbocycles. The van der Waals surface area contributed by atoms with Crippen LogP contribution in [0.15, 0.2) is 23.1 Å². The number of halogens is 2. The van der Waals surface area contributed by atoms with Gasteiger partial charge in [-0.15, -0.1) is 0 Å². The zero-order valence-corrected chi connectivity index (χ0v) is 11.7. The van der Waals surface area contributed by atoms with Gasteiger partial charge in [-0.25, -0.2) is 17.5 Å². The van der Waals surface area contributed by atoms with E-state index >= 15 is 0 Å². The molecule has 1 aliphatic carbocycles. The van der Waals surface area contributed by atoms with E-state index in [0.29, 0.717) is 12.8 Å². The third kappa shape index (κ3) is 3.45. The summed E-state index contributed by atoms with van der Waals surface area (Å²) in [5.41, 5.74) is 0. The molecule has 1 aromatic rings. The first-order valence-corrected chi connectivity index (χ1v) is 7.92. The highest BCUT2D eigenvalue weighted by atomic mass is 35.5. The maximum atomic E-state index is 13.0. The Morgan fingerprint density at radius 2 is 2.00 bits per heavy atom. The van der Waals surface area contributed by atoms with Gasteiger partial charge in [-0.2, -0.15) is 0 Å². The van der Waals surface area contributed by atoms with Crippen molar-refractivity contribution in [2.45, 2.75) is 42.7 Å². The normalized spacial score (nSPS) is 24.4. The number of nitrogens with one attached hydrogen (secondary N) is 1. The fraction of sp³-hybridized carbons (Fsp3) is 0.500. The van der Waals surface area contributed by atoms with Gasteiger partial charge < -0.3 is 5.11 Å². The van der Waals surface area contributed by atoms with Crippen LogP contribution in [0.4, 0.5) is 4.39 Å². The summed E-state index contributed by atoms with van der Waals surface area (Å²) in [7, 11) is -3.79. The summed E-state index contributed by atoms with van der Waals surface area (Å²) in [4.78, 5) is -0.100. The van der Waals surface area contributed by atoms with Crippen LogP contribution in [0.2, 0.25) is 5.02 Å². The number of hydrogen-bond donors (Lipinski definition) is 2. The first-order chi connectivity index (χ1) is 8.90. The van der Waals surface area contributed by atoms with E-state index in [1.54, 1.807) is 0 Å². The molecule has 2 N–H and O–H groups in total. The van der Waals surface area contributed by atoms with Crippen LogP contribution in [0.3, 0.4) is 0 Å². The second-order valence-corrected chi connectivity index (χ2v) is 6.78. The maximum Gasteiger partial charge on any atom is 0.240 e. The monoisotopic (exact) mass is 307 g/mol. The molecule has 7 heteroatoms. The molecule has 1 aliphatic rings. The lowest BCUT2D eigenvalue weighted by Crippen LogP contribution is -2.44. The Kier molecular flexibility index (Phi) is 4.45. The Morgan fingerprint density at radius 1 is 1.32 bits per heavy atom. The SMILES string of the molecule is O=S(=O)(N[C@@H]1CCCC[C@H]1O)c1ccc(F)c(Cl)c1. The summed E-state index contributed by atoms with van der Waals surface area (Å²) in [6.07, 6.45) is 2.25. The van der Waals surface area contributed by atoms with Crippen molar-refractivity contribution in [3.8, 4) is 0 Å². The second-order valence-electron chi connectivity index (χ2n) is 4.66. The second kappa shape index (κ2) is 5.75. The smallest absolute Gasteiger partial charge is 0.240 e. The zero-order chi connectivity index (χ0) is 14.0. The molecule has 0 unspecified atom stereocenters. The molecule has 0 bridgehead atoms. The van der Waals surface area contributed by atoms with E-state index < -0.39 is 28.0 Å². The first kappa shape index (κ1) is 14.7. The third-order valence-corrected chi connectivity index (χ3v) is 5.01. The van der Waals surface area contributed by atoms with E-state index in [1.807, 2.05) is 0 Å². The number of hydrogen-bond acceptors (Lipinski definition) is 3. The minimum atomic E-state index is -3.79. The molecule has 0 aliphatic heterocycles. The molecule has 0 aromatic heterocycles. The summed E-state index contributed by atoms with van der Waals surface area (Å²) >= 11 is 5.57. The predicted molar refractivity (Wildman–Crippen MR) is 70.0 cm³/mol. The van der Waals surface area contributed by atoms with Crippen LogP contribution in [0, 0.1) is 5.82 Å². The van der Waals surface area contributed by atoms with E-state index in [2.05, 4.69) is 4.72 Å². The van der Waals surface area contributed by atoms with E-state index in [1.165, 1.54) is 0 Å².